The van der Waals surface area contributed by atoms with Crippen LogP contribution in [-0.2, 0) is 15.9 Å². The van der Waals surface area contributed by atoms with Gasteiger partial charge in [-0.05, 0) is 52.8 Å². The van der Waals surface area contributed by atoms with Crippen molar-refractivity contribution in [2.75, 3.05) is 14.1 Å². The zero-order chi connectivity index (χ0) is 14.3. The third-order valence-electron chi connectivity index (χ3n) is 4.05. The van der Waals surface area contributed by atoms with Gasteiger partial charge in [0.25, 0.3) is 0 Å². The average molecular weight is 261 g/mol. The fourth-order valence-corrected chi connectivity index (χ4v) is 2.22. The van der Waals surface area contributed by atoms with E-state index in [1.165, 1.54) is 5.56 Å². The summed E-state index contributed by atoms with van der Waals surface area (Å²) < 4.78 is 12.3. The lowest BCUT2D eigenvalue weighted by atomic mass is 9.76. The van der Waals surface area contributed by atoms with E-state index >= 15 is 0 Å². The van der Waals surface area contributed by atoms with Crippen molar-refractivity contribution in [1.82, 2.24) is 4.90 Å². The predicted molar refractivity (Wildman–Crippen MR) is 79.5 cm³/mol. The number of rotatable bonds is 3. The number of hydrogen-bond donors (Lipinski definition) is 0. The molecule has 3 nitrogen and oxygen atoms in total. The lowest BCUT2D eigenvalue weighted by Crippen LogP contribution is -2.41. The molecule has 0 N–H and O–H groups in total. The van der Waals surface area contributed by atoms with E-state index in [-0.39, 0.29) is 18.3 Å². The predicted octanol–water partition coefficient (Wildman–Crippen LogP) is 2.05. The second-order valence-corrected chi connectivity index (χ2v) is 6.52. The Morgan fingerprint density at radius 2 is 1.53 bits per heavy atom. The van der Waals surface area contributed by atoms with Crippen LogP contribution in [0.2, 0.25) is 0 Å². The molecule has 0 spiro atoms. The van der Waals surface area contributed by atoms with Crippen molar-refractivity contribution in [3.05, 3.63) is 29.8 Å². The van der Waals surface area contributed by atoms with Gasteiger partial charge in [0.1, 0.15) is 0 Å². The fraction of sp³-hybridized carbons (Fsp3) is 0.600. The number of hydrogen-bond acceptors (Lipinski definition) is 3. The van der Waals surface area contributed by atoms with Gasteiger partial charge in [-0.1, -0.05) is 24.3 Å². The molecule has 0 radical (unpaired) electrons. The molecule has 1 aromatic rings. The molecule has 1 fully saturated rings. The van der Waals surface area contributed by atoms with E-state index in [1.54, 1.807) is 0 Å². The highest BCUT2D eigenvalue weighted by molar-refractivity contribution is 6.62. The minimum absolute atomic E-state index is 0.277. The summed E-state index contributed by atoms with van der Waals surface area (Å²) in [7, 11) is 3.86. The van der Waals surface area contributed by atoms with Crippen molar-refractivity contribution in [2.45, 2.75) is 45.4 Å². The lowest BCUT2D eigenvalue weighted by molar-refractivity contribution is 0.00578. The van der Waals surface area contributed by atoms with Crippen LogP contribution in [0.15, 0.2) is 24.3 Å². The molecule has 0 atom stereocenters. The largest absolute Gasteiger partial charge is 0.495 e. The Bertz CT molecular complexity index is 441. The standard InChI is InChI=1S/C15H24BNO2/c1-14(2)15(3,4)19-16(18-14)13-10-8-7-9-12(13)11-17(5)6/h7-10H,11H2,1-6H3. The molecule has 4 heteroatoms. The summed E-state index contributed by atoms with van der Waals surface area (Å²) >= 11 is 0. The van der Waals surface area contributed by atoms with Gasteiger partial charge in [-0.15, -0.1) is 0 Å². The van der Waals surface area contributed by atoms with Crippen LogP contribution >= 0.6 is 0 Å². The van der Waals surface area contributed by atoms with Gasteiger partial charge in [-0.25, -0.2) is 0 Å². The Morgan fingerprint density at radius 1 is 1.00 bits per heavy atom. The van der Waals surface area contributed by atoms with E-state index in [0.29, 0.717) is 0 Å². The summed E-state index contributed by atoms with van der Waals surface area (Å²) in [5, 5.41) is 0. The fourth-order valence-electron chi connectivity index (χ4n) is 2.22. The Hall–Kier alpha value is -0.835. The normalized spacial score (nSPS) is 21.1. The van der Waals surface area contributed by atoms with Gasteiger partial charge in [0.2, 0.25) is 0 Å². The molecule has 19 heavy (non-hydrogen) atoms. The quantitative estimate of drug-likeness (QED) is 0.777. The highest BCUT2D eigenvalue weighted by Gasteiger charge is 2.52. The van der Waals surface area contributed by atoms with E-state index in [4.69, 9.17) is 9.31 Å². The van der Waals surface area contributed by atoms with E-state index in [9.17, 15) is 0 Å². The van der Waals surface area contributed by atoms with Gasteiger partial charge >= 0.3 is 7.12 Å². The minimum atomic E-state index is -0.289. The molecule has 0 unspecified atom stereocenters. The van der Waals surface area contributed by atoms with Crippen LogP contribution in [-0.4, -0.2) is 37.3 Å². The van der Waals surface area contributed by atoms with Crippen LogP contribution in [0, 0.1) is 0 Å². The third kappa shape index (κ3) is 2.86. The molecule has 0 aromatic heterocycles. The molecule has 0 saturated carbocycles. The van der Waals surface area contributed by atoms with E-state index in [1.807, 2.05) is 6.07 Å². The first kappa shape index (κ1) is 14.6. The summed E-state index contributed by atoms with van der Waals surface area (Å²) in [5.74, 6) is 0. The molecule has 1 aliphatic rings. The molecule has 0 bridgehead atoms. The molecule has 1 heterocycles. The van der Waals surface area contributed by atoms with E-state index in [2.05, 4.69) is 64.9 Å². The maximum atomic E-state index is 6.13. The van der Waals surface area contributed by atoms with E-state index in [0.717, 1.165) is 12.0 Å². The molecule has 0 amide bonds. The Labute approximate surface area is 117 Å². The monoisotopic (exact) mass is 261 g/mol. The third-order valence-corrected chi connectivity index (χ3v) is 4.05. The minimum Gasteiger partial charge on any atom is -0.399 e. The van der Waals surface area contributed by atoms with Crippen LogP contribution in [0.3, 0.4) is 0 Å². The maximum Gasteiger partial charge on any atom is 0.495 e. The van der Waals surface area contributed by atoms with Crippen molar-refractivity contribution in [3.8, 4) is 0 Å². The lowest BCUT2D eigenvalue weighted by Gasteiger charge is -2.32. The highest BCUT2D eigenvalue weighted by Crippen LogP contribution is 2.36. The SMILES string of the molecule is CN(C)Cc1ccccc1B1OC(C)(C)C(C)(C)O1. The summed E-state index contributed by atoms with van der Waals surface area (Å²) in [6.07, 6.45) is 0. The molecule has 104 valence electrons. The molecule has 2 rings (SSSR count). The van der Waals surface area contributed by atoms with Crippen molar-refractivity contribution >= 4 is 12.6 Å². The van der Waals surface area contributed by atoms with Gasteiger partial charge in [0.15, 0.2) is 0 Å². The smallest absolute Gasteiger partial charge is 0.399 e. The Balaban J connectivity index is 2.29. The Kier molecular flexibility index (Phi) is 3.78. The van der Waals surface area contributed by atoms with Crippen molar-refractivity contribution in [1.29, 1.82) is 0 Å². The molecule has 1 saturated heterocycles. The molecule has 1 aromatic carbocycles. The van der Waals surface area contributed by atoms with Gasteiger partial charge in [0, 0.05) is 6.54 Å². The van der Waals surface area contributed by atoms with Crippen molar-refractivity contribution < 1.29 is 9.31 Å². The van der Waals surface area contributed by atoms with Gasteiger partial charge in [0.05, 0.1) is 11.2 Å². The first-order valence-electron chi connectivity index (χ1n) is 6.81. The number of nitrogens with zero attached hydrogens (tertiary/aromatic N) is 1. The van der Waals surface area contributed by atoms with E-state index < -0.39 is 0 Å². The summed E-state index contributed by atoms with van der Waals surface area (Å²) in [4.78, 5) is 2.16. The first-order valence-corrected chi connectivity index (χ1v) is 6.81. The van der Waals surface area contributed by atoms with Gasteiger partial charge in [-0.3, -0.25) is 0 Å². The van der Waals surface area contributed by atoms with Crippen molar-refractivity contribution in [3.63, 3.8) is 0 Å². The Morgan fingerprint density at radius 3 is 2.05 bits per heavy atom. The van der Waals surface area contributed by atoms with Crippen molar-refractivity contribution in [2.24, 2.45) is 0 Å². The molecular weight excluding hydrogens is 237 g/mol. The van der Waals surface area contributed by atoms with Gasteiger partial charge in [-0.2, -0.15) is 0 Å². The highest BCUT2D eigenvalue weighted by atomic mass is 16.7. The van der Waals surface area contributed by atoms with Crippen LogP contribution in [0.1, 0.15) is 33.3 Å². The second-order valence-electron chi connectivity index (χ2n) is 6.52. The van der Waals surface area contributed by atoms with Crippen LogP contribution in [0.5, 0.6) is 0 Å². The average Bonchev–Trinajstić information content (AvgIpc) is 2.48. The summed E-state index contributed by atoms with van der Waals surface area (Å²) in [6, 6.07) is 8.34. The summed E-state index contributed by atoms with van der Waals surface area (Å²) in [6.45, 7) is 9.23. The number of benzene rings is 1. The summed E-state index contributed by atoms with van der Waals surface area (Å²) in [5.41, 5.74) is 1.81. The zero-order valence-electron chi connectivity index (χ0n) is 12.9. The molecule has 1 aliphatic heterocycles. The van der Waals surface area contributed by atoms with Crippen LogP contribution in [0.25, 0.3) is 0 Å². The second kappa shape index (κ2) is 4.93. The zero-order valence-corrected chi connectivity index (χ0v) is 12.9. The van der Waals surface area contributed by atoms with Gasteiger partial charge < -0.3 is 14.2 Å². The molecular formula is C15H24BNO2. The maximum absolute atomic E-state index is 6.13. The van der Waals surface area contributed by atoms with Crippen LogP contribution in [0.4, 0.5) is 0 Å². The topological polar surface area (TPSA) is 21.7 Å². The molecule has 0 aliphatic carbocycles. The van der Waals surface area contributed by atoms with Crippen LogP contribution < -0.4 is 5.46 Å². The first-order chi connectivity index (χ1) is 8.73.